The second-order valence-corrected chi connectivity index (χ2v) is 5.79. The first-order valence-corrected chi connectivity index (χ1v) is 7.97. The standard InChI is InChI=1S/C17H24N2O5/c1-23-14-5-3-4-13(10-14)15(24-2)11-18-17(22)19-8-6-12(7-9-19)16(20)21/h3-5,10,12,15H,6-9,11H2,1-2H3,(H,18,22)(H,20,21). The molecule has 1 fully saturated rings. The van der Waals surface area contributed by atoms with Gasteiger partial charge in [-0.25, -0.2) is 4.79 Å². The van der Waals surface area contributed by atoms with E-state index in [0.29, 0.717) is 32.5 Å². The Hall–Kier alpha value is -2.28. The molecule has 1 aliphatic rings. The van der Waals surface area contributed by atoms with Gasteiger partial charge in [0.25, 0.3) is 0 Å². The third-order valence-electron chi connectivity index (χ3n) is 4.32. The fourth-order valence-electron chi connectivity index (χ4n) is 2.80. The number of carbonyl (C=O) groups is 2. The lowest BCUT2D eigenvalue weighted by atomic mass is 9.97. The third kappa shape index (κ3) is 4.61. The molecule has 1 aromatic rings. The van der Waals surface area contributed by atoms with Gasteiger partial charge in [-0.05, 0) is 30.5 Å². The topological polar surface area (TPSA) is 88.1 Å². The van der Waals surface area contributed by atoms with Crippen molar-refractivity contribution >= 4 is 12.0 Å². The first-order valence-electron chi connectivity index (χ1n) is 7.97. The molecule has 2 N–H and O–H groups in total. The number of nitrogens with zero attached hydrogens (tertiary/aromatic N) is 1. The van der Waals surface area contributed by atoms with Gasteiger partial charge in [-0.2, -0.15) is 0 Å². The number of urea groups is 1. The Bertz CT molecular complexity index is 570. The Morgan fingerprint density at radius 1 is 1.33 bits per heavy atom. The maximum absolute atomic E-state index is 12.2. The van der Waals surface area contributed by atoms with E-state index in [1.54, 1.807) is 19.1 Å². The van der Waals surface area contributed by atoms with Gasteiger partial charge in [-0.3, -0.25) is 4.79 Å². The summed E-state index contributed by atoms with van der Waals surface area (Å²) in [6.07, 6.45) is 0.708. The molecular formula is C17H24N2O5. The number of rotatable bonds is 6. The van der Waals surface area contributed by atoms with Crippen molar-refractivity contribution < 1.29 is 24.2 Å². The van der Waals surface area contributed by atoms with Crippen LogP contribution in [-0.4, -0.2) is 55.9 Å². The monoisotopic (exact) mass is 336 g/mol. The summed E-state index contributed by atoms with van der Waals surface area (Å²) in [5.41, 5.74) is 0.918. The van der Waals surface area contributed by atoms with Gasteiger partial charge in [0.2, 0.25) is 0 Å². The predicted octanol–water partition coefficient (Wildman–Crippen LogP) is 1.89. The zero-order valence-corrected chi connectivity index (χ0v) is 14.0. The molecule has 1 saturated heterocycles. The number of ether oxygens (including phenoxy) is 2. The number of aliphatic carboxylic acids is 1. The molecule has 1 aromatic carbocycles. The number of hydrogen-bond donors (Lipinski definition) is 2. The third-order valence-corrected chi connectivity index (χ3v) is 4.32. The largest absolute Gasteiger partial charge is 0.497 e. The fourth-order valence-corrected chi connectivity index (χ4v) is 2.80. The van der Waals surface area contributed by atoms with Crippen molar-refractivity contribution in [1.29, 1.82) is 0 Å². The van der Waals surface area contributed by atoms with Gasteiger partial charge in [0, 0.05) is 26.7 Å². The van der Waals surface area contributed by atoms with Crippen LogP contribution in [0.3, 0.4) is 0 Å². The molecule has 2 amide bonds. The number of likely N-dealkylation sites (tertiary alicyclic amines) is 1. The number of piperidine rings is 1. The highest BCUT2D eigenvalue weighted by Gasteiger charge is 2.27. The van der Waals surface area contributed by atoms with Crippen LogP contribution in [0.5, 0.6) is 5.75 Å². The SMILES string of the molecule is COc1cccc(C(CNC(=O)N2CCC(C(=O)O)CC2)OC)c1. The number of amides is 2. The van der Waals surface area contributed by atoms with Crippen LogP contribution in [0.2, 0.25) is 0 Å². The van der Waals surface area contributed by atoms with E-state index in [9.17, 15) is 9.59 Å². The zero-order chi connectivity index (χ0) is 17.5. The summed E-state index contributed by atoms with van der Waals surface area (Å²) in [6, 6.07) is 7.32. The molecule has 7 nitrogen and oxygen atoms in total. The highest BCUT2D eigenvalue weighted by Crippen LogP contribution is 2.21. The molecule has 7 heteroatoms. The molecule has 1 unspecified atom stereocenters. The van der Waals surface area contributed by atoms with Gasteiger partial charge >= 0.3 is 12.0 Å². The van der Waals surface area contributed by atoms with Gasteiger partial charge in [0.05, 0.1) is 19.1 Å². The Kier molecular flexibility index (Phi) is 6.43. The molecule has 2 rings (SSSR count). The van der Waals surface area contributed by atoms with E-state index in [1.165, 1.54) is 0 Å². The lowest BCUT2D eigenvalue weighted by Gasteiger charge is -2.30. The van der Waals surface area contributed by atoms with E-state index in [-0.39, 0.29) is 18.1 Å². The number of benzene rings is 1. The average molecular weight is 336 g/mol. The smallest absolute Gasteiger partial charge is 0.317 e. The second kappa shape index (κ2) is 8.54. The molecule has 24 heavy (non-hydrogen) atoms. The van der Waals surface area contributed by atoms with Crippen molar-refractivity contribution in [3.63, 3.8) is 0 Å². The average Bonchev–Trinajstić information content (AvgIpc) is 2.62. The van der Waals surface area contributed by atoms with E-state index in [0.717, 1.165) is 11.3 Å². The molecule has 1 atom stereocenters. The van der Waals surface area contributed by atoms with Gasteiger partial charge in [0.1, 0.15) is 5.75 Å². The molecule has 1 aliphatic heterocycles. The summed E-state index contributed by atoms with van der Waals surface area (Å²) in [6.45, 7) is 1.25. The van der Waals surface area contributed by atoms with E-state index in [1.807, 2.05) is 24.3 Å². The van der Waals surface area contributed by atoms with E-state index in [2.05, 4.69) is 5.32 Å². The number of carbonyl (C=O) groups excluding carboxylic acids is 1. The number of hydrogen-bond acceptors (Lipinski definition) is 4. The van der Waals surface area contributed by atoms with Crippen molar-refractivity contribution in [3.8, 4) is 5.75 Å². The normalized spacial score (nSPS) is 16.5. The number of carboxylic acid groups (broad SMARTS) is 1. The molecular weight excluding hydrogens is 312 g/mol. The number of nitrogens with one attached hydrogen (secondary N) is 1. The number of methoxy groups -OCH3 is 2. The second-order valence-electron chi connectivity index (χ2n) is 5.79. The lowest BCUT2D eigenvalue weighted by Crippen LogP contribution is -2.46. The molecule has 0 aliphatic carbocycles. The Morgan fingerprint density at radius 3 is 2.62 bits per heavy atom. The molecule has 1 heterocycles. The first-order chi connectivity index (χ1) is 11.5. The summed E-state index contributed by atoms with van der Waals surface area (Å²) in [5.74, 6) is -0.401. The lowest BCUT2D eigenvalue weighted by molar-refractivity contribution is -0.143. The van der Waals surface area contributed by atoms with Crippen LogP contribution in [0.4, 0.5) is 4.79 Å². The van der Waals surface area contributed by atoms with Gasteiger partial charge < -0.3 is 24.8 Å². The van der Waals surface area contributed by atoms with Crippen LogP contribution >= 0.6 is 0 Å². The quantitative estimate of drug-likeness (QED) is 0.828. The van der Waals surface area contributed by atoms with Gasteiger partial charge in [-0.1, -0.05) is 12.1 Å². The summed E-state index contributed by atoms with van der Waals surface area (Å²) in [7, 11) is 3.19. The van der Waals surface area contributed by atoms with Gasteiger partial charge in [-0.15, -0.1) is 0 Å². The van der Waals surface area contributed by atoms with Crippen LogP contribution in [0, 0.1) is 5.92 Å². The Balaban J connectivity index is 1.86. The Labute approximate surface area is 141 Å². The highest BCUT2D eigenvalue weighted by atomic mass is 16.5. The summed E-state index contributed by atoms with van der Waals surface area (Å²) in [4.78, 5) is 24.8. The Morgan fingerprint density at radius 2 is 2.04 bits per heavy atom. The zero-order valence-electron chi connectivity index (χ0n) is 14.0. The summed E-state index contributed by atoms with van der Waals surface area (Å²) >= 11 is 0. The van der Waals surface area contributed by atoms with Crippen molar-refractivity contribution in [2.75, 3.05) is 33.9 Å². The predicted molar refractivity (Wildman–Crippen MR) is 88.1 cm³/mol. The van der Waals surface area contributed by atoms with Crippen LogP contribution in [0.15, 0.2) is 24.3 Å². The molecule has 0 radical (unpaired) electrons. The van der Waals surface area contributed by atoms with Crippen molar-refractivity contribution in [2.45, 2.75) is 18.9 Å². The van der Waals surface area contributed by atoms with Crippen LogP contribution in [-0.2, 0) is 9.53 Å². The summed E-state index contributed by atoms with van der Waals surface area (Å²) in [5, 5.41) is 11.9. The maximum atomic E-state index is 12.2. The molecule has 0 spiro atoms. The fraction of sp³-hybridized carbons (Fsp3) is 0.529. The molecule has 0 saturated carbocycles. The van der Waals surface area contributed by atoms with Crippen molar-refractivity contribution in [3.05, 3.63) is 29.8 Å². The van der Waals surface area contributed by atoms with E-state index < -0.39 is 5.97 Å². The van der Waals surface area contributed by atoms with Crippen LogP contribution in [0.25, 0.3) is 0 Å². The van der Waals surface area contributed by atoms with Crippen molar-refractivity contribution in [2.24, 2.45) is 5.92 Å². The summed E-state index contributed by atoms with van der Waals surface area (Å²) < 4.78 is 10.7. The minimum atomic E-state index is -0.785. The minimum absolute atomic E-state index is 0.191. The van der Waals surface area contributed by atoms with Crippen LogP contribution < -0.4 is 10.1 Å². The van der Waals surface area contributed by atoms with E-state index in [4.69, 9.17) is 14.6 Å². The maximum Gasteiger partial charge on any atom is 0.317 e. The molecule has 132 valence electrons. The van der Waals surface area contributed by atoms with Crippen molar-refractivity contribution in [1.82, 2.24) is 10.2 Å². The van der Waals surface area contributed by atoms with Crippen LogP contribution in [0.1, 0.15) is 24.5 Å². The highest BCUT2D eigenvalue weighted by molar-refractivity contribution is 5.75. The molecule has 0 bridgehead atoms. The van der Waals surface area contributed by atoms with E-state index >= 15 is 0 Å². The molecule has 0 aromatic heterocycles. The van der Waals surface area contributed by atoms with Gasteiger partial charge in [0.15, 0.2) is 0 Å². The number of carboxylic acids is 1. The first kappa shape index (κ1) is 18.1. The minimum Gasteiger partial charge on any atom is -0.497 e.